The standard InChI is InChI=1S/C39H45BN2O/c1-36(2,3)24-15-18-26(19-16-24)42-29-20-17-25(37(4,5)6)23-28(29)40-27-13-11-12-14-30(27)43-33-31-34(41-35(42)32(33)40)39(9,10)22-21-38(31,7)8/h11-20,23H,21-22H2,1-10H3. The van der Waals surface area contributed by atoms with Gasteiger partial charge in [-0.1, -0.05) is 112 Å². The highest BCUT2D eigenvalue weighted by Gasteiger charge is 2.49. The molecule has 3 heterocycles. The summed E-state index contributed by atoms with van der Waals surface area (Å²) in [5, 5.41) is 0. The number of fused-ring (bicyclic) bond motifs is 6. The normalized spacial score (nSPS) is 17.8. The van der Waals surface area contributed by atoms with Gasteiger partial charge in [0.2, 0.25) is 0 Å². The van der Waals surface area contributed by atoms with Crippen LogP contribution in [0.25, 0.3) is 0 Å². The first-order chi connectivity index (χ1) is 20.1. The average Bonchev–Trinajstić information content (AvgIpc) is 2.94. The van der Waals surface area contributed by atoms with Crippen LogP contribution in [-0.2, 0) is 21.7 Å². The van der Waals surface area contributed by atoms with Gasteiger partial charge in [-0.3, -0.25) is 4.90 Å². The lowest BCUT2D eigenvalue weighted by atomic mass is 9.34. The molecule has 3 aliphatic rings. The van der Waals surface area contributed by atoms with Crippen LogP contribution in [0, 0.1) is 0 Å². The fraction of sp³-hybridized carbons (Fsp3) is 0.410. The monoisotopic (exact) mass is 568 g/mol. The molecule has 0 saturated carbocycles. The zero-order valence-electron chi connectivity index (χ0n) is 27.6. The van der Waals surface area contributed by atoms with Gasteiger partial charge >= 0.3 is 0 Å². The zero-order valence-corrected chi connectivity index (χ0v) is 27.6. The number of rotatable bonds is 1. The van der Waals surface area contributed by atoms with E-state index in [1.54, 1.807) is 0 Å². The molecule has 220 valence electrons. The van der Waals surface area contributed by atoms with E-state index >= 15 is 0 Å². The summed E-state index contributed by atoms with van der Waals surface area (Å²) in [7, 11) is 0. The van der Waals surface area contributed by atoms with E-state index in [-0.39, 0.29) is 28.4 Å². The molecule has 0 bridgehead atoms. The van der Waals surface area contributed by atoms with Crippen LogP contribution >= 0.6 is 0 Å². The third-order valence-electron chi connectivity index (χ3n) is 10.2. The molecule has 3 aromatic carbocycles. The number of hydrogen-bond donors (Lipinski definition) is 0. The summed E-state index contributed by atoms with van der Waals surface area (Å²) in [4.78, 5) is 8.13. The van der Waals surface area contributed by atoms with Crippen molar-refractivity contribution in [2.24, 2.45) is 0 Å². The van der Waals surface area contributed by atoms with Crippen LogP contribution in [0.1, 0.15) is 104 Å². The van der Waals surface area contributed by atoms with Crippen molar-refractivity contribution in [2.45, 2.75) is 104 Å². The summed E-state index contributed by atoms with van der Waals surface area (Å²) in [6, 6.07) is 24.9. The van der Waals surface area contributed by atoms with Crippen LogP contribution in [0.15, 0.2) is 66.7 Å². The van der Waals surface area contributed by atoms with Crippen molar-refractivity contribution in [3.05, 3.63) is 89.1 Å². The van der Waals surface area contributed by atoms with Gasteiger partial charge in [0, 0.05) is 27.8 Å². The predicted octanol–water partition coefficient (Wildman–Crippen LogP) is 8.43. The molecule has 0 spiro atoms. The lowest BCUT2D eigenvalue weighted by Crippen LogP contribution is -2.61. The molecule has 4 aromatic rings. The predicted molar refractivity (Wildman–Crippen MR) is 183 cm³/mol. The minimum absolute atomic E-state index is 0.0299. The van der Waals surface area contributed by atoms with E-state index in [0.29, 0.717) is 0 Å². The molecule has 0 atom stereocenters. The molecule has 3 nitrogen and oxygen atoms in total. The molecular formula is C39H45BN2O. The Labute approximate surface area is 258 Å². The number of para-hydroxylation sites is 1. The Morgan fingerprint density at radius 1 is 0.744 bits per heavy atom. The first kappa shape index (κ1) is 28.3. The van der Waals surface area contributed by atoms with Crippen molar-refractivity contribution < 1.29 is 4.74 Å². The molecule has 1 aromatic heterocycles. The Kier molecular flexibility index (Phi) is 5.92. The maximum absolute atomic E-state index is 7.05. The number of hydrogen-bond acceptors (Lipinski definition) is 3. The average molecular weight is 569 g/mol. The number of benzene rings is 3. The summed E-state index contributed by atoms with van der Waals surface area (Å²) in [6.07, 6.45) is 2.21. The van der Waals surface area contributed by atoms with E-state index < -0.39 is 0 Å². The maximum atomic E-state index is 7.05. The highest BCUT2D eigenvalue weighted by atomic mass is 16.5. The Morgan fingerprint density at radius 2 is 1.37 bits per heavy atom. The molecule has 7 rings (SSSR count). The second-order valence-corrected chi connectivity index (χ2v) is 16.4. The molecule has 0 radical (unpaired) electrons. The number of ether oxygens (including phenoxy) is 1. The number of pyridine rings is 1. The third-order valence-corrected chi connectivity index (χ3v) is 10.2. The van der Waals surface area contributed by atoms with Crippen LogP contribution in [0.3, 0.4) is 0 Å². The van der Waals surface area contributed by atoms with Gasteiger partial charge in [-0.05, 0) is 75.4 Å². The van der Waals surface area contributed by atoms with Crippen molar-refractivity contribution in [3.8, 4) is 11.5 Å². The van der Waals surface area contributed by atoms with Crippen LogP contribution in [0.5, 0.6) is 11.5 Å². The van der Waals surface area contributed by atoms with E-state index in [0.717, 1.165) is 35.8 Å². The smallest absolute Gasteiger partial charge is 0.258 e. The van der Waals surface area contributed by atoms with Crippen LogP contribution < -0.4 is 26.0 Å². The molecule has 2 aliphatic heterocycles. The van der Waals surface area contributed by atoms with Crippen molar-refractivity contribution in [1.82, 2.24) is 4.98 Å². The lowest BCUT2D eigenvalue weighted by Gasteiger charge is -2.46. The quantitative estimate of drug-likeness (QED) is 0.186. The molecule has 0 N–H and O–H groups in total. The van der Waals surface area contributed by atoms with Gasteiger partial charge in [-0.15, -0.1) is 0 Å². The van der Waals surface area contributed by atoms with Gasteiger partial charge in [-0.2, -0.15) is 0 Å². The van der Waals surface area contributed by atoms with Gasteiger partial charge in [0.25, 0.3) is 6.71 Å². The zero-order chi connectivity index (χ0) is 30.7. The summed E-state index contributed by atoms with van der Waals surface area (Å²) < 4.78 is 7.05. The minimum atomic E-state index is -0.0513. The Bertz CT molecular complexity index is 1770. The molecule has 0 fully saturated rings. The molecular weight excluding hydrogens is 523 g/mol. The summed E-state index contributed by atoms with van der Waals surface area (Å²) in [5.41, 5.74) is 11.3. The molecule has 0 amide bonds. The van der Waals surface area contributed by atoms with E-state index in [1.807, 2.05) is 0 Å². The molecule has 4 heteroatoms. The fourth-order valence-corrected chi connectivity index (χ4v) is 7.43. The minimum Gasteiger partial charge on any atom is -0.458 e. The van der Waals surface area contributed by atoms with E-state index in [1.165, 1.54) is 44.5 Å². The molecule has 0 unspecified atom stereocenters. The van der Waals surface area contributed by atoms with Gasteiger partial charge in [-0.25, -0.2) is 4.98 Å². The van der Waals surface area contributed by atoms with Crippen molar-refractivity contribution in [1.29, 1.82) is 0 Å². The Morgan fingerprint density at radius 3 is 2.05 bits per heavy atom. The lowest BCUT2D eigenvalue weighted by molar-refractivity contribution is 0.312. The highest BCUT2D eigenvalue weighted by molar-refractivity contribution is 6.99. The van der Waals surface area contributed by atoms with Gasteiger partial charge in [0.05, 0.1) is 5.69 Å². The number of aromatic nitrogens is 1. The van der Waals surface area contributed by atoms with Crippen molar-refractivity contribution in [2.75, 3.05) is 4.90 Å². The molecule has 1 aliphatic carbocycles. The Balaban J connectivity index is 1.60. The summed E-state index contributed by atoms with van der Waals surface area (Å²) in [6.45, 7) is 23.3. The molecule has 43 heavy (non-hydrogen) atoms. The maximum Gasteiger partial charge on any atom is 0.258 e. The SMILES string of the molecule is CC(C)(C)c1ccc(N2c3ccc(C(C)(C)C)cc3B3c4ccccc4Oc4c3c2nc2c4C(C)(C)CCC2(C)C)cc1. The van der Waals surface area contributed by atoms with Gasteiger partial charge in [0.1, 0.15) is 17.3 Å². The van der Waals surface area contributed by atoms with Crippen molar-refractivity contribution >= 4 is 40.3 Å². The largest absolute Gasteiger partial charge is 0.458 e. The second kappa shape index (κ2) is 9.00. The van der Waals surface area contributed by atoms with Crippen LogP contribution in [0.2, 0.25) is 0 Å². The van der Waals surface area contributed by atoms with Gasteiger partial charge in [0.15, 0.2) is 0 Å². The van der Waals surface area contributed by atoms with E-state index in [9.17, 15) is 0 Å². The van der Waals surface area contributed by atoms with E-state index in [2.05, 4.69) is 141 Å². The van der Waals surface area contributed by atoms with E-state index in [4.69, 9.17) is 9.72 Å². The summed E-state index contributed by atoms with van der Waals surface area (Å²) in [5.74, 6) is 3.01. The topological polar surface area (TPSA) is 25.4 Å². The molecule has 0 saturated heterocycles. The van der Waals surface area contributed by atoms with Crippen LogP contribution in [-0.4, -0.2) is 11.7 Å². The summed E-state index contributed by atoms with van der Waals surface area (Å²) >= 11 is 0. The second-order valence-electron chi connectivity index (χ2n) is 16.4. The Hall–Kier alpha value is -3.53. The number of nitrogens with zero attached hydrogens (tertiary/aromatic N) is 2. The van der Waals surface area contributed by atoms with Crippen molar-refractivity contribution in [3.63, 3.8) is 0 Å². The first-order valence-electron chi connectivity index (χ1n) is 16.0. The third kappa shape index (κ3) is 4.27. The first-order valence-corrected chi connectivity index (χ1v) is 16.0. The van der Waals surface area contributed by atoms with Gasteiger partial charge < -0.3 is 4.74 Å². The highest BCUT2D eigenvalue weighted by Crippen LogP contribution is 2.52. The number of anilines is 3. The fourth-order valence-electron chi connectivity index (χ4n) is 7.43. The van der Waals surface area contributed by atoms with Crippen LogP contribution in [0.4, 0.5) is 17.2 Å².